The molecule has 64 valence electrons. The molecule has 12 heavy (non-hydrogen) atoms. The predicted octanol–water partition coefficient (Wildman–Crippen LogP) is 0.233. The molecule has 1 aromatic rings. The molecule has 0 aliphatic heterocycles. The maximum atomic E-state index is 12.8. The monoisotopic (exact) mass is 169 g/mol. The molecule has 0 spiro atoms. The summed E-state index contributed by atoms with van der Waals surface area (Å²) in [5.74, 6) is -0.306. The van der Waals surface area contributed by atoms with Gasteiger partial charge in [-0.25, -0.2) is 4.39 Å². The summed E-state index contributed by atoms with van der Waals surface area (Å²) in [5.41, 5.74) is 10.4. The molecule has 0 saturated carbocycles. The minimum Gasteiger partial charge on any atom is -0.368 e. The number of alkyl halides is 1. The lowest BCUT2D eigenvalue weighted by Gasteiger charge is -2.01. The van der Waals surface area contributed by atoms with E-state index in [1.165, 1.54) is 0 Å². The van der Waals surface area contributed by atoms with Crippen LogP contribution in [0.15, 0.2) is 12.7 Å². The van der Waals surface area contributed by atoms with E-state index in [4.69, 9.17) is 11.5 Å². The summed E-state index contributed by atoms with van der Waals surface area (Å²) in [6, 6.07) is 0. The zero-order valence-electron chi connectivity index (χ0n) is 6.24. The smallest absolute Gasteiger partial charge is 0.225 e. The van der Waals surface area contributed by atoms with Gasteiger partial charge in [-0.1, -0.05) is 12.7 Å². The molecule has 0 radical (unpaired) electrons. The minimum absolute atomic E-state index is 0.0954. The molecular weight excluding hydrogens is 161 g/mol. The van der Waals surface area contributed by atoms with Crippen molar-refractivity contribution in [1.82, 2.24) is 15.0 Å². The van der Waals surface area contributed by atoms with Gasteiger partial charge in [0.05, 0.1) is 0 Å². The second-order valence-corrected chi connectivity index (χ2v) is 2.05. The fourth-order valence-corrected chi connectivity index (χ4v) is 0.656. The number of hydrogen-bond donors (Lipinski definition) is 2. The van der Waals surface area contributed by atoms with Crippen molar-refractivity contribution in [3.63, 3.8) is 0 Å². The van der Waals surface area contributed by atoms with Crippen molar-refractivity contribution in [2.24, 2.45) is 0 Å². The van der Waals surface area contributed by atoms with E-state index in [1.54, 1.807) is 0 Å². The van der Waals surface area contributed by atoms with Crippen LogP contribution in [0.2, 0.25) is 0 Å². The van der Waals surface area contributed by atoms with Gasteiger partial charge in [0, 0.05) is 0 Å². The van der Waals surface area contributed by atoms with Crippen LogP contribution >= 0.6 is 0 Å². The molecule has 0 aliphatic carbocycles. The van der Waals surface area contributed by atoms with Gasteiger partial charge in [0.1, 0.15) is 0 Å². The van der Waals surface area contributed by atoms with Crippen molar-refractivity contribution >= 4 is 11.9 Å². The largest absolute Gasteiger partial charge is 0.368 e. The number of aromatic nitrogens is 3. The van der Waals surface area contributed by atoms with Crippen LogP contribution in [0, 0.1) is 0 Å². The van der Waals surface area contributed by atoms with E-state index < -0.39 is 6.17 Å². The Balaban J connectivity index is 3.08. The average Bonchev–Trinajstić information content (AvgIpc) is 2.01. The Bertz CT molecular complexity index is 280. The normalized spacial score (nSPS) is 12.4. The van der Waals surface area contributed by atoms with Crippen molar-refractivity contribution in [3.8, 4) is 0 Å². The van der Waals surface area contributed by atoms with E-state index >= 15 is 0 Å². The molecule has 0 aromatic carbocycles. The highest BCUT2D eigenvalue weighted by molar-refractivity contribution is 5.27. The molecule has 6 heteroatoms. The first-order valence-corrected chi connectivity index (χ1v) is 3.17. The topological polar surface area (TPSA) is 90.7 Å². The average molecular weight is 169 g/mol. The number of rotatable bonds is 2. The summed E-state index contributed by atoms with van der Waals surface area (Å²) >= 11 is 0. The fraction of sp³-hybridized carbons (Fsp3) is 0.167. The number of hydrogen-bond acceptors (Lipinski definition) is 5. The SMILES string of the molecule is C=CC(F)c1nc(N)nc(N)n1. The lowest BCUT2D eigenvalue weighted by molar-refractivity contribution is 0.396. The molecule has 5 nitrogen and oxygen atoms in total. The molecule has 0 saturated heterocycles. The Kier molecular flexibility index (Phi) is 2.18. The van der Waals surface area contributed by atoms with Gasteiger partial charge in [-0.05, 0) is 0 Å². The molecule has 1 rings (SSSR count). The van der Waals surface area contributed by atoms with Crippen LogP contribution in [0.5, 0.6) is 0 Å². The van der Waals surface area contributed by atoms with Crippen molar-refractivity contribution in [2.45, 2.75) is 6.17 Å². The lowest BCUT2D eigenvalue weighted by Crippen LogP contribution is -2.07. The Morgan fingerprint density at radius 1 is 1.25 bits per heavy atom. The second kappa shape index (κ2) is 3.12. The highest BCUT2D eigenvalue weighted by atomic mass is 19.1. The van der Waals surface area contributed by atoms with Crippen LogP contribution in [0.3, 0.4) is 0 Å². The number of anilines is 2. The zero-order valence-corrected chi connectivity index (χ0v) is 6.24. The first-order valence-electron chi connectivity index (χ1n) is 3.17. The summed E-state index contributed by atoms with van der Waals surface area (Å²) in [7, 11) is 0. The number of allylic oxidation sites excluding steroid dienone is 1. The number of halogens is 1. The van der Waals surface area contributed by atoms with Gasteiger partial charge in [-0.3, -0.25) is 0 Å². The molecule has 1 aromatic heterocycles. The zero-order chi connectivity index (χ0) is 9.14. The van der Waals surface area contributed by atoms with Gasteiger partial charge >= 0.3 is 0 Å². The molecule has 1 heterocycles. The van der Waals surface area contributed by atoms with Crippen molar-refractivity contribution in [1.29, 1.82) is 0 Å². The van der Waals surface area contributed by atoms with Crippen LogP contribution in [0.25, 0.3) is 0 Å². The van der Waals surface area contributed by atoms with Gasteiger partial charge in [-0.15, -0.1) is 0 Å². The van der Waals surface area contributed by atoms with Crippen molar-refractivity contribution in [2.75, 3.05) is 11.5 Å². The number of nitrogen functional groups attached to an aromatic ring is 2. The van der Waals surface area contributed by atoms with E-state index in [0.717, 1.165) is 6.08 Å². The Labute approximate surface area is 68.3 Å². The Morgan fingerprint density at radius 2 is 1.75 bits per heavy atom. The highest BCUT2D eigenvalue weighted by Crippen LogP contribution is 2.14. The quantitative estimate of drug-likeness (QED) is 0.618. The molecule has 1 unspecified atom stereocenters. The van der Waals surface area contributed by atoms with Crippen molar-refractivity contribution < 1.29 is 4.39 Å². The fourth-order valence-electron chi connectivity index (χ4n) is 0.656. The molecule has 1 atom stereocenters. The first kappa shape index (κ1) is 8.38. The summed E-state index contributed by atoms with van der Waals surface area (Å²) in [6.45, 7) is 3.24. The maximum absolute atomic E-state index is 12.8. The first-order chi connectivity index (χ1) is 5.63. The van der Waals surface area contributed by atoms with Crippen molar-refractivity contribution in [3.05, 3.63) is 18.5 Å². The van der Waals surface area contributed by atoms with Crippen LogP contribution in [0.4, 0.5) is 16.3 Å². The van der Waals surface area contributed by atoms with Gasteiger partial charge < -0.3 is 11.5 Å². The predicted molar refractivity (Wildman–Crippen MR) is 42.7 cm³/mol. The van der Waals surface area contributed by atoms with E-state index in [-0.39, 0.29) is 17.7 Å². The van der Waals surface area contributed by atoms with Crippen LogP contribution in [-0.2, 0) is 0 Å². The standard InChI is InChI=1S/C6H8FN5/c1-2-3(7)4-10-5(8)12-6(9)11-4/h2-3H,1H2,(H4,8,9,10,11,12). The van der Waals surface area contributed by atoms with Gasteiger partial charge in [0.15, 0.2) is 12.0 Å². The summed E-state index contributed by atoms with van der Waals surface area (Å²) in [5, 5.41) is 0. The van der Waals surface area contributed by atoms with E-state index in [9.17, 15) is 4.39 Å². The van der Waals surface area contributed by atoms with E-state index in [0.29, 0.717) is 0 Å². The number of nitrogens with two attached hydrogens (primary N) is 2. The van der Waals surface area contributed by atoms with Gasteiger partial charge in [0.25, 0.3) is 0 Å². The molecular formula is C6H8FN5. The van der Waals surface area contributed by atoms with Crippen LogP contribution < -0.4 is 11.5 Å². The molecule has 0 amide bonds. The summed E-state index contributed by atoms with van der Waals surface area (Å²) in [6.07, 6.45) is -0.411. The lowest BCUT2D eigenvalue weighted by atomic mass is 10.3. The number of nitrogens with zero attached hydrogens (tertiary/aromatic N) is 3. The highest BCUT2D eigenvalue weighted by Gasteiger charge is 2.10. The van der Waals surface area contributed by atoms with Crippen LogP contribution in [-0.4, -0.2) is 15.0 Å². The van der Waals surface area contributed by atoms with Gasteiger partial charge in [-0.2, -0.15) is 15.0 Å². The molecule has 0 fully saturated rings. The third kappa shape index (κ3) is 1.66. The Hall–Kier alpha value is -1.72. The van der Waals surface area contributed by atoms with E-state index in [1.807, 2.05) is 0 Å². The Morgan fingerprint density at radius 3 is 2.17 bits per heavy atom. The minimum atomic E-state index is -1.46. The maximum Gasteiger partial charge on any atom is 0.225 e. The molecule has 0 bridgehead atoms. The molecule has 4 N–H and O–H groups in total. The van der Waals surface area contributed by atoms with E-state index in [2.05, 4.69) is 21.5 Å². The molecule has 0 aliphatic rings. The third-order valence-corrected chi connectivity index (χ3v) is 1.14. The summed E-state index contributed by atoms with van der Waals surface area (Å²) in [4.78, 5) is 10.6. The second-order valence-electron chi connectivity index (χ2n) is 2.05. The summed E-state index contributed by atoms with van der Waals surface area (Å²) < 4.78 is 12.8. The van der Waals surface area contributed by atoms with Crippen LogP contribution in [0.1, 0.15) is 12.0 Å². The van der Waals surface area contributed by atoms with Gasteiger partial charge in [0.2, 0.25) is 11.9 Å². The third-order valence-electron chi connectivity index (χ3n) is 1.14.